The van der Waals surface area contributed by atoms with Crippen LogP contribution in [0.4, 0.5) is 5.69 Å². The zero-order chi connectivity index (χ0) is 17.1. The fourth-order valence-electron chi connectivity index (χ4n) is 2.54. The second kappa shape index (κ2) is 7.08. The summed E-state index contributed by atoms with van der Waals surface area (Å²) in [5.74, 6) is 1.76. The van der Waals surface area contributed by atoms with Gasteiger partial charge in [-0.1, -0.05) is 12.1 Å². The van der Waals surface area contributed by atoms with Gasteiger partial charge in [-0.05, 0) is 12.2 Å². The molecule has 128 valence electrons. The lowest BCUT2D eigenvalue weighted by molar-refractivity contribution is -0.118. The molecule has 0 aromatic carbocycles. The molecule has 0 saturated carbocycles. The van der Waals surface area contributed by atoms with Crippen LogP contribution in [-0.4, -0.2) is 45.1 Å². The fourth-order valence-corrected chi connectivity index (χ4v) is 3.08. The summed E-state index contributed by atoms with van der Waals surface area (Å²) in [6.07, 6.45) is 3.96. The van der Waals surface area contributed by atoms with Crippen molar-refractivity contribution >= 4 is 29.3 Å². The Balaban J connectivity index is 1.61. The standard InChI is InChI=1S/C15H19N5O3S/c1-3-24-9-11-6-13(18-23-11)14(21)17-12-4-5-20(15(12)22)10-7-16-19(2)8-10/h6-8,12H,3-5,9H2,1-2H3,(H,17,21)/t12-/m1/s1. The SMILES string of the molecule is CCSCc1cc(C(=O)N[C@@H]2CCN(c3cnn(C)c3)C2=O)no1. The van der Waals surface area contributed by atoms with Crippen LogP contribution in [0, 0.1) is 0 Å². The van der Waals surface area contributed by atoms with E-state index >= 15 is 0 Å². The van der Waals surface area contributed by atoms with E-state index in [0.29, 0.717) is 24.5 Å². The second-order valence-electron chi connectivity index (χ2n) is 5.49. The first-order valence-electron chi connectivity index (χ1n) is 7.72. The first kappa shape index (κ1) is 16.6. The Morgan fingerprint density at radius 2 is 2.38 bits per heavy atom. The molecule has 9 heteroatoms. The number of carbonyl (C=O) groups excluding carboxylic acids is 2. The van der Waals surface area contributed by atoms with Crippen LogP contribution in [0.25, 0.3) is 0 Å². The van der Waals surface area contributed by atoms with Crippen molar-refractivity contribution in [3.63, 3.8) is 0 Å². The highest BCUT2D eigenvalue weighted by Gasteiger charge is 2.34. The quantitative estimate of drug-likeness (QED) is 0.842. The highest BCUT2D eigenvalue weighted by Crippen LogP contribution is 2.21. The maximum absolute atomic E-state index is 12.5. The highest BCUT2D eigenvalue weighted by atomic mass is 32.2. The number of thioether (sulfide) groups is 1. The van der Waals surface area contributed by atoms with Crippen molar-refractivity contribution in [3.8, 4) is 0 Å². The lowest BCUT2D eigenvalue weighted by atomic mass is 10.2. The number of nitrogens with zero attached hydrogens (tertiary/aromatic N) is 4. The summed E-state index contributed by atoms with van der Waals surface area (Å²) in [5, 5.41) is 10.6. The predicted molar refractivity (Wildman–Crippen MR) is 89.8 cm³/mol. The molecule has 3 rings (SSSR count). The summed E-state index contributed by atoms with van der Waals surface area (Å²) in [7, 11) is 1.79. The number of nitrogens with one attached hydrogen (secondary N) is 1. The molecule has 24 heavy (non-hydrogen) atoms. The van der Waals surface area contributed by atoms with Gasteiger partial charge in [-0.2, -0.15) is 16.9 Å². The Morgan fingerprint density at radius 1 is 1.54 bits per heavy atom. The third-order valence-corrected chi connectivity index (χ3v) is 4.65. The van der Waals surface area contributed by atoms with Gasteiger partial charge >= 0.3 is 0 Å². The molecule has 1 aliphatic heterocycles. The molecule has 1 saturated heterocycles. The smallest absolute Gasteiger partial charge is 0.274 e. The molecule has 2 aromatic rings. The van der Waals surface area contributed by atoms with Crippen LogP contribution in [0.2, 0.25) is 0 Å². The predicted octanol–water partition coefficient (Wildman–Crippen LogP) is 1.20. The third kappa shape index (κ3) is 3.45. The zero-order valence-corrected chi connectivity index (χ0v) is 14.4. The van der Waals surface area contributed by atoms with E-state index < -0.39 is 11.9 Å². The Hall–Kier alpha value is -2.29. The van der Waals surface area contributed by atoms with Gasteiger partial charge in [0.05, 0.1) is 17.6 Å². The van der Waals surface area contributed by atoms with Gasteiger partial charge in [-0.3, -0.25) is 14.3 Å². The van der Waals surface area contributed by atoms with Gasteiger partial charge in [0.1, 0.15) is 11.8 Å². The number of aromatic nitrogens is 3. The molecule has 0 radical (unpaired) electrons. The van der Waals surface area contributed by atoms with Gasteiger partial charge in [0.25, 0.3) is 5.91 Å². The molecule has 8 nitrogen and oxygen atoms in total. The Bertz CT molecular complexity index is 741. The largest absolute Gasteiger partial charge is 0.360 e. The van der Waals surface area contributed by atoms with Crippen molar-refractivity contribution in [2.45, 2.75) is 25.1 Å². The molecule has 0 aliphatic carbocycles. The van der Waals surface area contributed by atoms with E-state index in [4.69, 9.17) is 4.52 Å². The molecular weight excluding hydrogens is 330 g/mol. The number of hydrogen-bond donors (Lipinski definition) is 1. The van der Waals surface area contributed by atoms with E-state index in [-0.39, 0.29) is 11.6 Å². The number of aryl methyl sites for hydroxylation is 1. The Kier molecular flexibility index (Phi) is 4.89. The van der Waals surface area contributed by atoms with Crippen LogP contribution in [-0.2, 0) is 17.6 Å². The minimum Gasteiger partial charge on any atom is -0.360 e. The van der Waals surface area contributed by atoms with Gasteiger partial charge in [0, 0.05) is 25.9 Å². The molecule has 0 bridgehead atoms. The van der Waals surface area contributed by atoms with Crippen molar-refractivity contribution in [2.24, 2.45) is 7.05 Å². The molecule has 1 aliphatic rings. The number of rotatable bonds is 6. The maximum Gasteiger partial charge on any atom is 0.274 e. The number of amides is 2. The maximum atomic E-state index is 12.5. The van der Waals surface area contributed by atoms with Crippen LogP contribution in [0.1, 0.15) is 29.6 Å². The Labute approximate surface area is 143 Å². The molecule has 0 unspecified atom stereocenters. The van der Waals surface area contributed by atoms with Crippen molar-refractivity contribution in [1.29, 1.82) is 0 Å². The molecule has 1 atom stereocenters. The molecule has 2 aromatic heterocycles. The van der Waals surface area contributed by atoms with E-state index in [1.165, 1.54) is 0 Å². The summed E-state index contributed by atoms with van der Waals surface area (Å²) in [5.41, 5.74) is 0.939. The summed E-state index contributed by atoms with van der Waals surface area (Å²) < 4.78 is 6.77. The highest BCUT2D eigenvalue weighted by molar-refractivity contribution is 7.98. The molecule has 1 fully saturated rings. The zero-order valence-electron chi connectivity index (χ0n) is 13.6. The normalized spacial score (nSPS) is 17.5. The van der Waals surface area contributed by atoms with Gasteiger partial charge in [0.15, 0.2) is 5.69 Å². The summed E-state index contributed by atoms with van der Waals surface area (Å²) in [6.45, 7) is 2.60. The lowest BCUT2D eigenvalue weighted by Crippen LogP contribution is -2.41. The molecule has 2 amide bonds. The number of carbonyl (C=O) groups is 2. The van der Waals surface area contributed by atoms with Crippen molar-refractivity contribution in [1.82, 2.24) is 20.3 Å². The number of anilines is 1. The molecule has 0 spiro atoms. The van der Waals surface area contributed by atoms with E-state index in [1.54, 1.807) is 46.9 Å². The van der Waals surface area contributed by atoms with Crippen LogP contribution >= 0.6 is 11.8 Å². The van der Waals surface area contributed by atoms with Crippen LogP contribution < -0.4 is 10.2 Å². The Morgan fingerprint density at radius 3 is 3.08 bits per heavy atom. The summed E-state index contributed by atoms with van der Waals surface area (Å²) in [6, 6.07) is 1.07. The van der Waals surface area contributed by atoms with Crippen LogP contribution in [0.3, 0.4) is 0 Å². The van der Waals surface area contributed by atoms with Crippen LogP contribution in [0.15, 0.2) is 23.0 Å². The van der Waals surface area contributed by atoms with Gasteiger partial charge < -0.3 is 14.7 Å². The second-order valence-corrected chi connectivity index (χ2v) is 6.77. The summed E-state index contributed by atoms with van der Waals surface area (Å²) >= 11 is 1.69. The fraction of sp³-hybridized carbons (Fsp3) is 0.467. The first-order chi connectivity index (χ1) is 11.6. The topological polar surface area (TPSA) is 93.3 Å². The van der Waals surface area contributed by atoms with Crippen molar-refractivity contribution < 1.29 is 14.1 Å². The van der Waals surface area contributed by atoms with Gasteiger partial charge in [-0.25, -0.2) is 0 Å². The van der Waals surface area contributed by atoms with E-state index in [0.717, 1.165) is 11.4 Å². The van der Waals surface area contributed by atoms with Crippen LogP contribution in [0.5, 0.6) is 0 Å². The molecular formula is C15H19N5O3S. The molecule has 3 heterocycles. The average Bonchev–Trinajstić information content (AvgIpc) is 3.27. The van der Waals surface area contributed by atoms with Crippen molar-refractivity contribution in [2.75, 3.05) is 17.2 Å². The van der Waals surface area contributed by atoms with E-state index in [2.05, 4.69) is 15.6 Å². The van der Waals surface area contributed by atoms with Crippen molar-refractivity contribution in [3.05, 3.63) is 29.9 Å². The lowest BCUT2D eigenvalue weighted by Gasteiger charge is -2.14. The van der Waals surface area contributed by atoms with Gasteiger partial charge in [-0.15, -0.1) is 0 Å². The average molecular weight is 349 g/mol. The third-order valence-electron chi connectivity index (χ3n) is 3.75. The minimum atomic E-state index is -0.553. The molecule has 1 N–H and O–H groups in total. The van der Waals surface area contributed by atoms with E-state index in [9.17, 15) is 9.59 Å². The summed E-state index contributed by atoms with van der Waals surface area (Å²) in [4.78, 5) is 26.3. The monoisotopic (exact) mass is 349 g/mol. The van der Waals surface area contributed by atoms with E-state index in [1.807, 2.05) is 6.92 Å². The first-order valence-corrected chi connectivity index (χ1v) is 8.88. The number of hydrogen-bond acceptors (Lipinski definition) is 6. The van der Waals surface area contributed by atoms with Gasteiger partial charge in [0.2, 0.25) is 5.91 Å². The minimum absolute atomic E-state index is 0.137.